The summed E-state index contributed by atoms with van der Waals surface area (Å²) in [5.74, 6) is 1.02. The molecule has 0 amide bonds. The van der Waals surface area contributed by atoms with Crippen molar-refractivity contribution in [2.24, 2.45) is 0 Å². The highest BCUT2D eigenvalue weighted by Gasteiger charge is 2.02. The molecule has 74 valence electrons. The molecule has 0 aliphatic heterocycles. The van der Waals surface area contributed by atoms with Gasteiger partial charge in [-0.05, 0) is 5.25 Å². The van der Waals surface area contributed by atoms with Crippen LogP contribution in [0.15, 0.2) is 5.38 Å². The minimum absolute atomic E-state index is 0.628. The van der Waals surface area contributed by atoms with Crippen LogP contribution in [0.5, 0.6) is 0 Å². The largest absolute Gasteiger partial charge is 0.378 e. The Balaban J connectivity index is 2.39. The Labute approximate surface area is 87.7 Å². The second-order valence-electron chi connectivity index (χ2n) is 3.03. The molecular formula is C9H15NOS2. The van der Waals surface area contributed by atoms with Gasteiger partial charge in [-0.25, -0.2) is 4.98 Å². The molecule has 0 radical (unpaired) electrons. The molecule has 0 fully saturated rings. The normalized spacial score (nSPS) is 11.1. The average molecular weight is 217 g/mol. The second-order valence-corrected chi connectivity index (χ2v) is 5.53. The third-order valence-electron chi connectivity index (χ3n) is 1.43. The summed E-state index contributed by atoms with van der Waals surface area (Å²) in [5.41, 5.74) is 1.05. The number of rotatable bonds is 5. The summed E-state index contributed by atoms with van der Waals surface area (Å²) in [5, 5.41) is 3.94. The first-order chi connectivity index (χ1) is 6.22. The van der Waals surface area contributed by atoms with E-state index in [-0.39, 0.29) is 0 Å². The van der Waals surface area contributed by atoms with Crippen molar-refractivity contribution in [3.63, 3.8) is 0 Å². The fraction of sp³-hybridized carbons (Fsp3) is 0.667. The number of hydrogen-bond acceptors (Lipinski definition) is 4. The zero-order valence-electron chi connectivity index (χ0n) is 8.24. The van der Waals surface area contributed by atoms with Gasteiger partial charge in [0.25, 0.3) is 0 Å². The van der Waals surface area contributed by atoms with Crippen LogP contribution in [0.3, 0.4) is 0 Å². The van der Waals surface area contributed by atoms with Crippen molar-refractivity contribution in [1.82, 2.24) is 4.98 Å². The smallest absolute Gasteiger partial charge is 0.103 e. The van der Waals surface area contributed by atoms with Gasteiger partial charge in [-0.15, -0.1) is 11.3 Å². The Bertz CT molecular complexity index is 248. The lowest BCUT2D eigenvalue weighted by Gasteiger charge is -2.00. The first kappa shape index (κ1) is 11.0. The van der Waals surface area contributed by atoms with Crippen molar-refractivity contribution in [3.05, 3.63) is 16.1 Å². The summed E-state index contributed by atoms with van der Waals surface area (Å²) in [4.78, 5) is 4.44. The average Bonchev–Trinajstić information content (AvgIpc) is 2.50. The van der Waals surface area contributed by atoms with Gasteiger partial charge >= 0.3 is 0 Å². The molecule has 4 heteroatoms. The SMILES string of the molecule is COCc1csc(CSC(C)C)n1. The molecule has 1 rings (SSSR count). The van der Waals surface area contributed by atoms with Gasteiger partial charge < -0.3 is 4.74 Å². The van der Waals surface area contributed by atoms with E-state index in [0.29, 0.717) is 11.9 Å². The van der Waals surface area contributed by atoms with E-state index in [1.54, 1.807) is 18.4 Å². The van der Waals surface area contributed by atoms with Crippen LogP contribution in [0.4, 0.5) is 0 Å². The van der Waals surface area contributed by atoms with Crippen LogP contribution < -0.4 is 0 Å². The van der Waals surface area contributed by atoms with Crippen LogP contribution in [0.25, 0.3) is 0 Å². The Hall–Kier alpha value is -0.0600. The monoisotopic (exact) mass is 217 g/mol. The van der Waals surface area contributed by atoms with E-state index in [1.807, 2.05) is 11.8 Å². The molecule has 1 heterocycles. The van der Waals surface area contributed by atoms with E-state index in [4.69, 9.17) is 4.74 Å². The molecule has 0 atom stereocenters. The van der Waals surface area contributed by atoms with E-state index in [1.165, 1.54) is 5.01 Å². The molecular weight excluding hydrogens is 202 g/mol. The maximum absolute atomic E-state index is 5.00. The minimum atomic E-state index is 0.628. The van der Waals surface area contributed by atoms with Gasteiger partial charge in [0.15, 0.2) is 0 Å². The summed E-state index contributed by atoms with van der Waals surface area (Å²) >= 11 is 3.64. The van der Waals surface area contributed by atoms with Crippen molar-refractivity contribution in [3.8, 4) is 0 Å². The Morgan fingerprint density at radius 2 is 2.38 bits per heavy atom. The minimum Gasteiger partial charge on any atom is -0.378 e. The highest BCUT2D eigenvalue weighted by Crippen LogP contribution is 2.20. The predicted molar refractivity (Wildman–Crippen MR) is 59.3 cm³/mol. The summed E-state index contributed by atoms with van der Waals surface area (Å²) in [7, 11) is 1.70. The number of hydrogen-bond donors (Lipinski definition) is 0. The quantitative estimate of drug-likeness (QED) is 0.757. The first-order valence-corrected chi connectivity index (χ1v) is 6.19. The summed E-state index contributed by atoms with van der Waals surface area (Å²) in [6.07, 6.45) is 0. The molecule has 0 spiro atoms. The molecule has 0 saturated heterocycles. The Morgan fingerprint density at radius 1 is 1.62 bits per heavy atom. The third-order valence-corrected chi connectivity index (χ3v) is 3.62. The van der Waals surface area contributed by atoms with Gasteiger partial charge in [-0.3, -0.25) is 0 Å². The van der Waals surface area contributed by atoms with E-state index < -0.39 is 0 Å². The lowest BCUT2D eigenvalue weighted by molar-refractivity contribution is 0.182. The Kier molecular flexibility index (Phi) is 4.77. The summed E-state index contributed by atoms with van der Waals surface area (Å²) < 4.78 is 5.00. The van der Waals surface area contributed by atoms with Gasteiger partial charge in [0.2, 0.25) is 0 Å². The molecule has 13 heavy (non-hydrogen) atoms. The van der Waals surface area contributed by atoms with Gasteiger partial charge in [0.05, 0.1) is 12.3 Å². The molecule has 0 aromatic carbocycles. The Morgan fingerprint density at radius 3 is 3.00 bits per heavy atom. The highest BCUT2D eigenvalue weighted by atomic mass is 32.2. The lowest BCUT2D eigenvalue weighted by atomic mass is 10.5. The van der Waals surface area contributed by atoms with Crippen molar-refractivity contribution in [2.75, 3.05) is 7.11 Å². The van der Waals surface area contributed by atoms with Gasteiger partial charge in [0.1, 0.15) is 5.01 Å². The lowest BCUT2D eigenvalue weighted by Crippen LogP contribution is -1.90. The fourth-order valence-corrected chi connectivity index (χ4v) is 2.45. The van der Waals surface area contributed by atoms with Crippen LogP contribution in [0.1, 0.15) is 24.5 Å². The van der Waals surface area contributed by atoms with Crippen LogP contribution in [-0.4, -0.2) is 17.3 Å². The topological polar surface area (TPSA) is 22.1 Å². The zero-order chi connectivity index (χ0) is 9.68. The number of aromatic nitrogens is 1. The molecule has 1 aromatic rings. The van der Waals surface area contributed by atoms with E-state index >= 15 is 0 Å². The fourth-order valence-electron chi connectivity index (χ4n) is 0.867. The van der Waals surface area contributed by atoms with Crippen LogP contribution in [0, 0.1) is 0 Å². The molecule has 0 saturated carbocycles. The first-order valence-electron chi connectivity index (χ1n) is 4.26. The predicted octanol–water partition coefficient (Wildman–Crippen LogP) is 2.93. The van der Waals surface area contributed by atoms with Crippen LogP contribution in [0.2, 0.25) is 0 Å². The third kappa shape index (κ3) is 4.11. The molecule has 0 unspecified atom stereocenters. The van der Waals surface area contributed by atoms with E-state index in [2.05, 4.69) is 24.2 Å². The van der Waals surface area contributed by atoms with Gasteiger partial charge in [0, 0.05) is 18.2 Å². The van der Waals surface area contributed by atoms with Crippen molar-refractivity contribution in [1.29, 1.82) is 0 Å². The van der Waals surface area contributed by atoms with Crippen molar-refractivity contribution >= 4 is 23.1 Å². The molecule has 0 bridgehead atoms. The van der Waals surface area contributed by atoms with Crippen molar-refractivity contribution < 1.29 is 4.74 Å². The molecule has 0 aliphatic rings. The maximum Gasteiger partial charge on any atom is 0.103 e. The molecule has 0 N–H and O–H groups in total. The highest BCUT2D eigenvalue weighted by molar-refractivity contribution is 7.99. The summed E-state index contributed by atoms with van der Waals surface area (Å²) in [6.45, 7) is 5.03. The number of ether oxygens (including phenoxy) is 1. The molecule has 0 aliphatic carbocycles. The van der Waals surface area contributed by atoms with Crippen LogP contribution in [-0.2, 0) is 17.1 Å². The van der Waals surface area contributed by atoms with Crippen LogP contribution >= 0.6 is 23.1 Å². The van der Waals surface area contributed by atoms with Gasteiger partial charge in [-0.2, -0.15) is 11.8 Å². The van der Waals surface area contributed by atoms with E-state index in [9.17, 15) is 0 Å². The van der Waals surface area contributed by atoms with Gasteiger partial charge in [-0.1, -0.05) is 13.8 Å². The number of nitrogens with zero attached hydrogens (tertiary/aromatic N) is 1. The number of methoxy groups -OCH3 is 1. The molecule has 2 nitrogen and oxygen atoms in total. The summed E-state index contributed by atoms with van der Waals surface area (Å²) in [6, 6.07) is 0. The number of thiazole rings is 1. The second kappa shape index (κ2) is 5.62. The zero-order valence-corrected chi connectivity index (χ0v) is 9.87. The standard InChI is InChI=1S/C9H15NOS2/c1-7(2)12-6-9-10-8(4-11-3)5-13-9/h5,7H,4,6H2,1-3H3. The van der Waals surface area contributed by atoms with E-state index in [0.717, 1.165) is 11.4 Å². The maximum atomic E-state index is 5.00. The molecule has 1 aromatic heterocycles. The number of thioether (sulfide) groups is 1. The van der Waals surface area contributed by atoms with Crippen molar-refractivity contribution in [2.45, 2.75) is 31.5 Å².